The Morgan fingerprint density at radius 3 is 2.66 bits per heavy atom. The lowest BCUT2D eigenvalue weighted by Crippen LogP contribution is -2.40. The predicted octanol–water partition coefficient (Wildman–Crippen LogP) is 2.85. The molecule has 2 aromatic heterocycles. The van der Waals surface area contributed by atoms with E-state index in [0.717, 1.165) is 18.4 Å². The number of hydrogen-bond donors (Lipinski definition) is 1. The molecule has 1 aromatic carbocycles. The van der Waals surface area contributed by atoms with E-state index in [-0.39, 0.29) is 17.9 Å². The van der Waals surface area contributed by atoms with Gasteiger partial charge in [0.1, 0.15) is 5.69 Å². The normalized spacial score (nSPS) is 16.0. The Balaban J connectivity index is 1.27. The van der Waals surface area contributed by atoms with Gasteiger partial charge in [-0.25, -0.2) is 9.97 Å². The number of aromatic nitrogens is 3. The molecule has 0 spiro atoms. The molecule has 1 aliphatic rings. The molecule has 0 radical (unpaired) electrons. The Morgan fingerprint density at radius 2 is 1.93 bits per heavy atom. The van der Waals surface area contributed by atoms with Gasteiger partial charge in [0, 0.05) is 38.1 Å². The van der Waals surface area contributed by atoms with Gasteiger partial charge in [0.05, 0.1) is 6.04 Å². The SMILES string of the molecule is C[C@@H](NC(=O)CC1CCN(C(=O)c2cn3cccnc3n2)CC1)c1ccccc1. The molecule has 4 rings (SSSR count). The van der Waals surface area contributed by atoms with E-state index in [4.69, 9.17) is 0 Å². The number of likely N-dealkylation sites (tertiary alicyclic amines) is 1. The quantitative estimate of drug-likeness (QED) is 0.725. The van der Waals surface area contributed by atoms with E-state index >= 15 is 0 Å². The number of rotatable bonds is 5. The third kappa shape index (κ3) is 4.45. The lowest BCUT2D eigenvalue weighted by molar-refractivity contribution is -0.122. The molecule has 1 aliphatic heterocycles. The van der Waals surface area contributed by atoms with E-state index in [1.54, 1.807) is 22.9 Å². The summed E-state index contributed by atoms with van der Waals surface area (Å²) >= 11 is 0. The van der Waals surface area contributed by atoms with Crippen LogP contribution >= 0.6 is 0 Å². The minimum atomic E-state index is -0.0731. The van der Waals surface area contributed by atoms with Gasteiger partial charge in [0.2, 0.25) is 11.7 Å². The van der Waals surface area contributed by atoms with E-state index in [1.807, 2.05) is 48.4 Å². The molecule has 1 atom stereocenters. The molecule has 1 fully saturated rings. The zero-order valence-electron chi connectivity index (χ0n) is 16.5. The molecule has 7 heteroatoms. The molecule has 3 heterocycles. The first kappa shape index (κ1) is 19.1. The highest BCUT2D eigenvalue weighted by atomic mass is 16.2. The molecule has 0 unspecified atom stereocenters. The molecule has 0 saturated carbocycles. The second-order valence-corrected chi connectivity index (χ2v) is 7.59. The van der Waals surface area contributed by atoms with E-state index in [9.17, 15) is 9.59 Å². The highest BCUT2D eigenvalue weighted by molar-refractivity contribution is 5.92. The van der Waals surface area contributed by atoms with Gasteiger partial charge < -0.3 is 10.2 Å². The van der Waals surface area contributed by atoms with Gasteiger partial charge in [-0.05, 0) is 37.3 Å². The van der Waals surface area contributed by atoms with Gasteiger partial charge in [-0.15, -0.1) is 0 Å². The predicted molar refractivity (Wildman–Crippen MR) is 109 cm³/mol. The maximum atomic E-state index is 12.7. The van der Waals surface area contributed by atoms with Crippen LogP contribution in [0, 0.1) is 5.92 Å². The van der Waals surface area contributed by atoms with Crippen molar-refractivity contribution in [3.63, 3.8) is 0 Å². The number of amides is 2. The van der Waals surface area contributed by atoms with Crippen molar-refractivity contribution in [3.05, 3.63) is 66.2 Å². The summed E-state index contributed by atoms with van der Waals surface area (Å²) in [5, 5.41) is 3.08. The van der Waals surface area contributed by atoms with Gasteiger partial charge in [-0.1, -0.05) is 30.3 Å². The summed E-state index contributed by atoms with van der Waals surface area (Å²) in [5.74, 6) is 0.813. The first-order valence-corrected chi connectivity index (χ1v) is 10.0. The summed E-state index contributed by atoms with van der Waals surface area (Å²) in [6, 6.07) is 11.8. The number of benzene rings is 1. The molecule has 2 amide bonds. The molecule has 1 saturated heterocycles. The van der Waals surface area contributed by atoms with E-state index in [0.29, 0.717) is 36.9 Å². The zero-order chi connectivity index (χ0) is 20.2. The number of carbonyl (C=O) groups is 2. The molecule has 7 nitrogen and oxygen atoms in total. The lowest BCUT2D eigenvalue weighted by Gasteiger charge is -2.31. The Bertz CT molecular complexity index is 960. The Kier molecular flexibility index (Phi) is 5.55. The topological polar surface area (TPSA) is 79.6 Å². The van der Waals surface area contributed by atoms with Crippen LogP contribution < -0.4 is 5.32 Å². The molecule has 3 aromatic rings. The number of nitrogens with zero attached hydrogens (tertiary/aromatic N) is 4. The zero-order valence-corrected chi connectivity index (χ0v) is 16.5. The molecule has 0 bridgehead atoms. The van der Waals surface area contributed by atoms with Gasteiger partial charge in [0.25, 0.3) is 5.91 Å². The number of imidazole rings is 1. The number of fused-ring (bicyclic) bond motifs is 1. The molecular formula is C22H25N5O2. The van der Waals surface area contributed by atoms with Crippen molar-refractivity contribution in [1.29, 1.82) is 0 Å². The smallest absolute Gasteiger partial charge is 0.274 e. The highest BCUT2D eigenvalue weighted by Gasteiger charge is 2.26. The summed E-state index contributed by atoms with van der Waals surface area (Å²) in [6.07, 6.45) is 7.35. The van der Waals surface area contributed by atoms with Gasteiger partial charge in [-0.2, -0.15) is 0 Å². The van der Waals surface area contributed by atoms with Crippen molar-refractivity contribution in [2.45, 2.75) is 32.2 Å². The second-order valence-electron chi connectivity index (χ2n) is 7.59. The Labute approximate surface area is 169 Å². The van der Waals surface area contributed by atoms with Crippen molar-refractivity contribution in [3.8, 4) is 0 Å². The van der Waals surface area contributed by atoms with Crippen LogP contribution in [0.25, 0.3) is 5.78 Å². The monoisotopic (exact) mass is 391 g/mol. The maximum Gasteiger partial charge on any atom is 0.274 e. The Hall–Kier alpha value is -3.22. The van der Waals surface area contributed by atoms with Crippen molar-refractivity contribution in [2.75, 3.05) is 13.1 Å². The van der Waals surface area contributed by atoms with Crippen LogP contribution in [0.3, 0.4) is 0 Å². The van der Waals surface area contributed by atoms with Gasteiger partial charge >= 0.3 is 0 Å². The van der Waals surface area contributed by atoms with Crippen LogP contribution in [0.1, 0.15) is 48.3 Å². The standard InChI is InChI=1S/C22H25N5O2/c1-16(18-6-3-2-4-7-18)24-20(28)14-17-8-12-26(13-9-17)21(29)19-15-27-11-5-10-23-22(27)25-19/h2-7,10-11,15-17H,8-9,12-14H2,1H3,(H,24,28)/t16-/m1/s1. The van der Waals surface area contributed by atoms with Crippen molar-refractivity contribution in [1.82, 2.24) is 24.6 Å². The first-order chi connectivity index (χ1) is 14.1. The van der Waals surface area contributed by atoms with Crippen LogP contribution in [0.2, 0.25) is 0 Å². The van der Waals surface area contributed by atoms with Gasteiger partial charge in [0.15, 0.2) is 0 Å². The summed E-state index contributed by atoms with van der Waals surface area (Å²) < 4.78 is 1.75. The third-order valence-corrected chi connectivity index (χ3v) is 5.51. The van der Waals surface area contributed by atoms with Crippen LogP contribution in [0.4, 0.5) is 0 Å². The molecule has 0 aliphatic carbocycles. The minimum absolute atomic E-state index is 0.00553. The number of hydrogen-bond acceptors (Lipinski definition) is 4. The fourth-order valence-corrected chi connectivity index (χ4v) is 3.82. The first-order valence-electron chi connectivity index (χ1n) is 10.0. The average molecular weight is 391 g/mol. The largest absolute Gasteiger partial charge is 0.350 e. The molecule has 29 heavy (non-hydrogen) atoms. The number of nitrogens with one attached hydrogen (secondary N) is 1. The van der Waals surface area contributed by atoms with E-state index < -0.39 is 0 Å². The van der Waals surface area contributed by atoms with Crippen LogP contribution in [-0.4, -0.2) is 44.2 Å². The second kappa shape index (κ2) is 8.43. The fourth-order valence-electron chi connectivity index (χ4n) is 3.82. The van der Waals surface area contributed by atoms with Crippen LogP contribution in [0.5, 0.6) is 0 Å². The number of piperidine rings is 1. The van der Waals surface area contributed by atoms with Crippen molar-refractivity contribution in [2.24, 2.45) is 5.92 Å². The summed E-state index contributed by atoms with van der Waals surface area (Å²) in [5.41, 5.74) is 1.51. The van der Waals surface area contributed by atoms with Crippen molar-refractivity contribution < 1.29 is 9.59 Å². The average Bonchev–Trinajstić information content (AvgIpc) is 3.18. The molecule has 150 valence electrons. The summed E-state index contributed by atoms with van der Waals surface area (Å²) in [4.78, 5) is 35.5. The van der Waals surface area contributed by atoms with Crippen LogP contribution in [-0.2, 0) is 4.79 Å². The number of carbonyl (C=O) groups excluding carboxylic acids is 2. The Morgan fingerprint density at radius 1 is 1.17 bits per heavy atom. The fraction of sp³-hybridized carbons (Fsp3) is 0.364. The minimum Gasteiger partial charge on any atom is -0.350 e. The summed E-state index contributed by atoms with van der Waals surface area (Å²) in [6.45, 7) is 3.29. The summed E-state index contributed by atoms with van der Waals surface area (Å²) in [7, 11) is 0. The van der Waals surface area contributed by atoms with Crippen molar-refractivity contribution >= 4 is 17.6 Å². The van der Waals surface area contributed by atoms with E-state index in [1.165, 1.54) is 0 Å². The van der Waals surface area contributed by atoms with Crippen LogP contribution in [0.15, 0.2) is 55.0 Å². The highest BCUT2D eigenvalue weighted by Crippen LogP contribution is 2.22. The lowest BCUT2D eigenvalue weighted by atomic mass is 9.93. The molecular weight excluding hydrogens is 366 g/mol. The third-order valence-electron chi connectivity index (χ3n) is 5.51. The van der Waals surface area contributed by atoms with E-state index in [2.05, 4.69) is 15.3 Å². The maximum absolute atomic E-state index is 12.7. The molecule has 1 N–H and O–H groups in total. The van der Waals surface area contributed by atoms with Gasteiger partial charge in [-0.3, -0.25) is 14.0 Å².